The van der Waals surface area contributed by atoms with Gasteiger partial charge in [0.25, 0.3) is 0 Å². The van der Waals surface area contributed by atoms with Crippen molar-refractivity contribution in [1.82, 2.24) is 0 Å². The first-order chi connectivity index (χ1) is 5.77. The van der Waals surface area contributed by atoms with Gasteiger partial charge in [0.2, 0.25) is 0 Å². The summed E-state index contributed by atoms with van der Waals surface area (Å²) < 4.78 is 11.1. The summed E-state index contributed by atoms with van der Waals surface area (Å²) in [5.74, 6) is 0. The number of hydrogen-bond acceptors (Lipinski definition) is 3. The molecule has 1 aliphatic heterocycles. The van der Waals surface area contributed by atoms with Crippen LogP contribution in [0.4, 0.5) is 0 Å². The fraction of sp³-hybridized carbons (Fsp3) is 1.00. The van der Waals surface area contributed by atoms with Gasteiger partial charge in [-0.2, -0.15) is 0 Å². The predicted octanol–water partition coefficient (Wildman–Crippen LogP) is 0.918. The Morgan fingerprint density at radius 3 is 2.75 bits per heavy atom. The van der Waals surface area contributed by atoms with Crippen LogP contribution >= 0.6 is 0 Å². The molecule has 1 rings (SSSR count). The molecule has 0 aromatic carbocycles. The molecule has 1 fully saturated rings. The van der Waals surface area contributed by atoms with Crippen LogP contribution in [0.25, 0.3) is 0 Å². The SMILES string of the molecule is CCOC(CN)C1CCC(C)O1. The van der Waals surface area contributed by atoms with Crippen LogP contribution in [0.3, 0.4) is 0 Å². The molecular formula is C9H19NO2. The number of hydrogen-bond donors (Lipinski definition) is 1. The normalized spacial score (nSPS) is 32.2. The highest BCUT2D eigenvalue weighted by Crippen LogP contribution is 2.22. The highest BCUT2D eigenvalue weighted by molar-refractivity contribution is 4.78. The number of rotatable bonds is 4. The summed E-state index contributed by atoms with van der Waals surface area (Å²) in [7, 11) is 0. The Labute approximate surface area is 74.2 Å². The second-order valence-corrected chi connectivity index (χ2v) is 3.29. The van der Waals surface area contributed by atoms with Gasteiger partial charge in [0, 0.05) is 13.2 Å². The highest BCUT2D eigenvalue weighted by Gasteiger charge is 2.28. The van der Waals surface area contributed by atoms with Gasteiger partial charge in [0.1, 0.15) is 0 Å². The van der Waals surface area contributed by atoms with E-state index in [1.807, 2.05) is 6.92 Å². The van der Waals surface area contributed by atoms with E-state index in [4.69, 9.17) is 15.2 Å². The minimum absolute atomic E-state index is 0.0972. The molecule has 3 nitrogen and oxygen atoms in total. The molecule has 3 heteroatoms. The maximum atomic E-state index is 5.66. The lowest BCUT2D eigenvalue weighted by Gasteiger charge is -2.21. The molecule has 2 N–H and O–H groups in total. The van der Waals surface area contributed by atoms with E-state index in [-0.39, 0.29) is 12.2 Å². The quantitative estimate of drug-likeness (QED) is 0.687. The average Bonchev–Trinajstić information content (AvgIpc) is 2.47. The molecule has 0 aromatic rings. The van der Waals surface area contributed by atoms with E-state index in [0.29, 0.717) is 12.6 Å². The third-order valence-corrected chi connectivity index (χ3v) is 2.29. The maximum absolute atomic E-state index is 5.66. The first kappa shape index (κ1) is 9.96. The van der Waals surface area contributed by atoms with Crippen molar-refractivity contribution in [2.45, 2.75) is 45.0 Å². The molecule has 0 amide bonds. The van der Waals surface area contributed by atoms with E-state index in [9.17, 15) is 0 Å². The monoisotopic (exact) mass is 173 g/mol. The molecule has 1 saturated heterocycles. The van der Waals surface area contributed by atoms with Gasteiger partial charge in [-0.3, -0.25) is 0 Å². The van der Waals surface area contributed by atoms with Crippen molar-refractivity contribution >= 4 is 0 Å². The van der Waals surface area contributed by atoms with Crippen molar-refractivity contribution in [2.75, 3.05) is 13.2 Å². The van der Waals surface area contributed by atoms with Crippen molar-refractivity contribution in [1.29, 1.82) is 0 Å². The van der Waals surface area contributed by atoms with Gasteiger partial charge >= 0.3 is 0 Å². The minimum Gasteiger partial charge on any atom is -0.374 e. The second-order valence-electron chi connectivity index (χ2n) is 3.29. The van der Waals surface area contributed by atoms with E-state index in [0.717, 1.165) is 19.4 Å². The van der Waals surface area contributed by atoms with Crippen LogP contribution in [0.2, 0.25) is 0 Å². The van der Waals surface area contributed by atoms with Crippen molar-refractivity contribution in [3.63, 3.8) is 0 Å². The Balaban J connectivity index is 2.33. The molecule has 3 unspecified atom stereocenters. The summed E-state index contributed by atoms with van der Waals surface area (Å²) in [5.41, 5.74) is 5.58. The highest BCUT2D eigenvalue weighted by atomic mass is 16.5. The first-order valence-electron chi connectivity index (χ1n) is 4.75. The minimum atomic E-state index is 0.0972. The maximum Gasteiger partial charge on any atom is 0.0958 e. The van der Waals surface area contributed by atoms with E-state index in [2.05, 4.69) is 6.92 Å². The largest absolute Gasteiger partial charge is 0.374 e. The fourth-order valence-electron chi connectivity index (χ4n) is 1.65. The van der Waals surface area contributed by atoms with Gasteiger partial charge < -0.3 is 15.2 Å². The van der Waals surface area contributed by atoms with Crippen molar-refractivity contribution < 1.29 is 9.47 Å². The van der Waals surface area contributed by atoms with E-state index in [1.165, 1.54) is 0 Å². The Bertz CT molecular complexity index is 128. The zero-order chi connectivity index (χ0) is 8.97. The molecular weight excluding hydrogens is 154 g/mol. The van der Waals surface area contributed by atoms with Crippen LogP contribution in [0.15, 0.2) is 0 Å². The van der Waals surface area contributed by atoms with Crippen LogP contribution in [0.1, 0.15) is 26.7 Å². The molecule has 3 atom stereocenters. The molecule has 0 spiro atoms. The van der Waals surface area contributed by atoms with Gasteiger partial charge in [0.15, 0.2) is 0 Å². The zero-order valence-corrected chi connectivity index (χ0v) is 7.95. The van der Waals surface area contributed by atoms with Crippen LogP contribution in [-0.4, -0.2) is 31.5 Å². The molecule has 0 radical (unpaired) electrons. The van der Waals surface area contributed by atoms with Gasteiger partial charge in [-0.1, -0.05) is 0 Å². The Morgan fingerprint density at radius 2 is 2.33 bits per heavy atom. The molecule has 0 saturated carbocycles. The fourth-order valence-corrected chi connectivity index (χ4v) is 1.65. The van der Waals surface area contributed by atoms with E-state index in [1.54, 1.807) is 0 Å². The Hall–Kier alpha value is -0.120. The summed E-state index contributed by atoms with van der Waals surface area (Å²) in [4.78, 5) is 0. The summed E-state index contributed by atoms with van der Waals surface area (Å²) in [6.07, 6.45) is 2.92. The lowest BCUT2D eigenvalue weighted by atomic mass is 10.1. The third-order valence-electron chi connectivity index (χ3n) is 2.29. The van der Waals surface area contributed by atoms with Gasteiger partial charge in [-0.15, -0.1) is 0 Å². The molecule has 12 heavy (non-hydrogen) atoms. The Morgan fingerprint density at radius 1 is 1.58 bits per heavy atom. The molecule has 1 aliphatic rings. The number of ether oxygens (including phenoxy) is 2. The Kier molecular flexibility index (Phi) is 3.98. The standard InChI is InChI=1S/C9H19NO2/c1-3-11-9(6-10)8-5-4-7(2)12-8/h7-9H,3-6,10H2,1-2H3. The van der Waals surface area contributed by atoms with Crippen LogP contribution in [0.5, 0.6) is 0 Å². The van der Waals surface area contributed by atoms with E-state index >= 15 is 0 Å². The third kappa shape index (κ3) is 2.44. The van der Waals surface area contributed by atoms with Crippen molar-refractivity contribution in [3.8, 4) is 0 Å². The smallest absolute Gasteiger partial charge is 0.0958 e. The van der Waals surface area contributed by atoms with Crippen molar-refractivity contribution in [3.05, 3.63) is 0 Å². The predicted molar refractivity (Wildman–Crippen MR) is 48.0 cm³/mol. The molecule has 0 aromatic heterocycles. The van der Waals surface area contributed by atoms with E-state index < -0.39 is 0 Å². The molecule has 0 bridgehead atoms. The zero-order valence-electron chi connectivity index (χ0n) is 7.95. The first-order valence-corrected chi connectivity index (χ1v) is 4.75. The van der Waals surface area contributed by atoms with Crippen LogP contribution in [0, 0.1) is 0 Å². The van der Waals surface area contributed by atoms with Gasteiger partial charge in [-0.05, 0) is 26.7 Å². The van der Waals surface area contributed by atoms with Crippen LogP contribution in [-0.2, 0) is 9.47 Å². The second kappa shape index (κ2) is 4.80. The summed E-state index contributed by atoms with van der Waals surface area (Å²) >= 11 is 0. The van der Waals surface area contributed by atoms with Gasteiger partial charge in [0.05, 0.1) is 18.3 Å². The summed E-state index contributed by atoms with van der Waals surface area (Å²) in [6, 6.07) is 0. The number of nitrogens with two attached hydrogens (primary N) is 1. The summed E-state index contributed by atoms with van der Waals surface area (Å²) in [6.45, 7) is 5.36. The topological polar surface area (TPSA) is 44.5 Å². The van der Waals surface area contributed by atoms with Crippen molar-refractivity contribution in [2.24, 2.45) is 5.73 Å². The summed E-state index contributed by atoms with van der Waals surface area (Å²) in [5, 5.41) is 0. The molecule has 72 valence electrons. The van der Waals surface area contributed by atoms with Gasteiger partial charge in [-0.25, -0.2) is 0 Å². The lowest BCUT2D eigenvalue weighted by molar-refractivity contribution is -0.0574. The van der Waals surface area contributed by atoms with Crippen LogP contribution < -0.4 is 5.73 Å². The average molecular weight is 173 g/mol. The molecule has 0 aliphatic carbocycles. The molecule has 1 heterocycles. The lowest BCUT2D eigenvalue weighted by Crippen LogP contribution is -2.36.